The number of carbonyl (C=O) groups excluding carboxylic acids is 1. The summed E-state index contributed by atoms with van der Waals surface area (Å²) in [6.07, 6.45) is 3.26. The van der Waals surface area contributed by atoms with Gasteiger partial charge < -0.3 is 19.2 Å². The number of hydrogen-bond donors (Lipinski definition) is 1. The highest BCUT2D eigenvalue weighted by atomic mass is 16.5. The third-order valence-electron chi connectivity index (χ3n) is 3.59. The van der Waals surface area contributed by atoms with Crippen molar-refractivity contribution >= 4 is 12.0 Å². The maximum absolute atomic E-state index is 12.0. The second-order valence-electron chi connectivity index (χ2n) is 5.56. The molecule has 0 unspecified atom stereocenters. The van der Waals surface area contributed by atoms with Crippen LogP contribution >= 0.6 is 0 Å². The van der Waals surface area contributed by atoms with E-state index in [2.05, 4.69) is 5.32 Å². The first-order valence-corrected chi connectivity index (χ1v) is 8.45. The fourth-order valence-electron chi connectivity index (χ4n) is 2.44. The molecule has 25 heavy (non-hydrogen) atoms. The van der Waals surface area contributed by atoms with Crippen LogP contribution in [0.3, 0.4) is 0 Å². The molecule has 1 aromatic carbocycles. The number of benzene rings is 1. The van der Waals surface area contributed by atoms with E-state index < -0.39 is 0 Å². The summed E-state index contributed by atoms with van der Waals surface area (Å²) < 4.78 is 16.6. The standard InChI is InChI=1S/C20H25NO4/c1-5-23-18-9-7-16(12-19(18)24-6-2)8-10-20(22)21-13-17-11-14(3)25-15(17)4/h7-12H,5-6,13H2,1-4H3,(H,21,22)/b10-8+. The van der Waals surface area contributed by atoms with Gasteiger partial charge in [-0.05, 0) is 57.5 Å². The lowest BCUT2D eigenvalue weighted by Gasteiger charge is -2.11. The van der Waals surface area contributed by atoms with Crippen molar-refractivity contribution in [3.05, 3.63) is 53.0 Å². The van der Waals surface area contributed by atoms with E-state index in [-0.39, 0.29) is 5.91 Å². The normalized spacial score (nSPS) is 10.9. The Morgan fingerprint density at radius 1 is 1.12 bits per heavy atom. The van der Waals surface area contributed by atoms with Crippen LogP contribution in [0.5, 0.6) is 11.5 Å². The SMILES string of the molecule is CCOc1ccc(/C=C/C(=O)NCc2cc(C)oc2C)cc1OCC. The molecule has 2 rings (SSSR count). The first kappa shape index (κ1) is 18.6. The summed E-state index contributed by atoms with van der Waals surface area (Å²) in [6.45, 7) is 9.20. The van der Waals surface area contributed by atoms with Crippen LogP contribution in [-0.4, -0.2) is 19.1 Å². The zero-order valence-corrected chi connectivity index (χ0v) is 15.2. The average Bonchev–Trinajstić information content (AvgIpc) is 2.91. The van der Waals surface area contributed by atoms with Crippen LogP contribution in [0.15, 0.2) is 34.8 Å². The van der Waals surface area contributed by atoms with Gasteiger partial charge in [0.25, 0.3) is 0 Å². The fourth-order valence-corrected chi connectivity index (χ4v) is 2.44. The van der Waals surface area contributed by atoms with E-state index in [0.29, 0.717) is 31.3 Å². The second kappa shape index (κ2) is 8.97. The Morgan fingerprint density at radius 3 is 2.48 bits per heavy atom. The molecule has 0 radical (unpaired) electrons. The Bertz CT molecular complexity index is 746. The number of rotatable bonds is 8. The molecule has 1 amide bonds. The van der Waals surface area contributed by atoms with Gasteiger partial charge in [-0.1, -0.05) is 6.07 Å². The molecule has 0 aliphatic rings. The van der Waals surface area contributed by atoms with E-state index in [4.69, 9.17) is 13.9 Å². The van der Waals surface area contributed by atoms with E-state index in [1.165, 1.54) is 6.08 Å². The topological polar surface area (TPSA) is 60.7 Å². The largest absolute Gasteiger partial charge is 0.490 e. The molecule has 0 atom stereocenters. The highest BCUT2D eigenvalue weighted by molar-refractivity contribution is 5.91. The Hall–Kier alpha value is -2.69. The van der Waals surface area contributed by atoms with E-state index in [1.807, 2.05) is 52.0 Å². The fraction of sp³-hybridized carbons (Fsp3) is 0.350. The van der Waals surface area contributed by atoms with E-state index in [1.54, 1.807) is 6.08 Å². The maximum Gasteiger partial charge on any atom is 0.244 e. The van der Waals surface area contributed by atoms with Crippen LogP contribution in [0, 0.1) is 13.8 Å². The van der Waals surface area contributed by atoms with Crippen molar-refractivity contribution in [3.8, 4) is 11.5 Å². The van der Waals surface area contributed by atoms with Gasteiger partial charge >= 0.3 is 0 Å². The molecule has 0 bridgehead atoms. The second-order valence-corrected chi connectivity index (χ2v) is 5.56. The molecule has 2 aromatic rings. The summed E-state index contributed by atoms with van der Waals surface area (Å²) >= 11 is 0. The van der Waals surface area contributed by atoms with E-state index in [9.17, 15) is 4.79 Å². The van der Waals surface area contributed by atoms with Crippen molar-refractivity contribution in [3.63, 3.8) is 0 Å². The van der Waals surface area contributed by atoms with Crippen molar-refractivity contribution in [2.24, 2.45) is 0 Å². The Kier molecular flexibility index (Phi) is 6.69. The van der Waals surface area contributed by atoms with Gasteiger partial charge in [-0.25, -0.2) is 0 Å². The van der Waals surface area contributed by atoms with Gasteiger partial charge in [0.2, 0.25) is 5.91 Å². The number of furan rings is 1. The van der Waals surface area contributed by atoms with Gasteiger partial charge in [-0.15, -0.1) is 0 Å². The Morgan fingerprint density at radius 2 is 1.84 bits per heavy atom. The molecular weight excluding hydrogens is 318 g/mol. The smallest absolute Gasteiger partial charge is 0.244 e. The lowest BCUT2D eigenvalue weighted by atomic mass is 10.2. The average molecular weight is 343 g/mol. The molecule has 1 N–H and O–H groups in total. The molecule has 0 aliphatic heterocycles. The van der Waals surface area contributed by atoms with Crippen LogP contribution in [-0.2, 0) is 11.3 Å². The zero-order chi connectivity index (χ0) is 18.2. The van der Waals surface area contributed by atoms with Crippen LogP contribution in [0.2, 0.25) is 0 Å². The number of amides is 1. The number of ether oxygens (including phenoxy) is 2. The summed E-state index contributed by atoms with van der Waals surface area (Å²) in [7, 11) is 0. The van der Waals surface area contributed by atoms with Crippen molar-refractivity contribution < 1.29 is 18.7 Å². The van der Waals surface area contributed by atoms with Gasteiger partial charge in [-0.2, -0.15) is 0 Å². The summed E-state index contributed by atoms with van der Waals surface area (Å²) in [6, 6.07) is 7.53. The van der Waals surface area contributed by atoms with Crippen molar-refractivity contribution in [1.82, 2.24) is 5.32 Å². The summed E-state index contributed by atoms with van der Waals surface area (Å²) in [4.78, 5) is 12.0. The predicted molar refractivity (Wildman–Crippen MR) is 97.8 cm³/mol. The molecule has 134 valence electrons. The van der Waals surface area contributed by atoms with Crippen LogP contribution in [0.25, 0.3) is 6.08 Å². The number of carbonyl (C=O) groups is 1. The van der Waals surface area contributed by atoms with Crippen molar-refractivity contribution in [2.75, 3.05) is 13.2 Å². The van der Waals surface area contributed by atoms with Gasteiger partial charge in [0.05, 0.1) is 13.2 Å². The lowest BCUT2D eigenvalue weighted by molar-refractivity contribution is -0.116. The summed E-state index contributed by atoms with van der Waals surface area (Å²) in [5.74, 6) is 2.89. The van der Waals surface area contributed by atoms with Gasteiger partial charge in [-0.3, -0.25) is 4.79 Å². The Balaban J connectivity index is 1.99. The van der Waals surface area contributed by atoms with E-state index in [0.717, 1.165) is 22.6 Å². The molecule has 5 nitrogen and oxygen atoms in total. The molecule has 1 aromatic heterocycles. The van der Waals surface area contributed by atoms with Gasteiger partial charge in [0.1, 0.15) is 11.5 Å². The first-order chi connectivity index (χ1) is 12.0. The van der Waals surface area contributed by atoms with Gasteiger partial charge in [0, 0.05) is 18.2 Å². The molecular formula is C20H25NO4. The van der Waals surface area contributed by atoms with Crippen molar-refractivity contribution in [1.29, 1.82) is 0 Å². The first-order valence-electron chi connectivity index (χ1n) is 8.45. The van der Waals surface area contributed by atoms with Gasteiger partial charge in [0.15, 0.2) is 11.5 Å². The molecule has 5 heteroatoms. The zero-order valence-electron chi connectivity index (χ0n) is 15.2. The minimum absolute atomic E-state index is 0.162. The number of nitrogens with one attached hydrogen (secondary N) is 1. The Labute approximate surface area is 148 Å². The van der Waals surface area contributed by atoms with Crippen LogP contribution in [0.1, 0.15) is 36.5 Å². The molecule has 1 heterocycles. The molecule has 0 spiro atoms. The lowest BCUT2D eigenvalue weighted by Crippen LogP contribution is -2.20. The predicted octanol–water partition coefficient (Wildman–Crippen LogP) is 4.02. The minimum Gasteiger partial charge on any atom is -0.490 e. The minimum atomic E-state index is -0.162. The summed E-state index contributed by atoms with van der Waals surface area (Å²) in [5.41, 5.74) is 1.86. The molecule has 0 saturated carbocycles. The third-order valence-corrected chi connectivity index (χ3v) is 3.59. The summed E-state index contributed by atoms with van der Waals surface area (Å²) in [5, 5.41) is 2.85. The quantitative estimate of drug-likeness (QED) is 0.735. The molecule has 0 saturated heterocycles. The van der Waals surface area contributed by atoms with Crippen LogP contribution in [0.4, 0.5) is 0 Å². The van der Waals surface area contributed by atoms with Crippen LogP contribution < -0.4 is 14.8 Å². The van der Waals surface area contributed by atoms with Crippen molar-refractivity contribution in [2.45, 2.75) is 34.2 Å². The third kappa shape index (κ3) is 5.41. The highest BCUT2D eigenvalue weighted by Gasteiger charge is 2.07. The number of aryl methyl sites for hydroxylation is 2. The maximum atomic E-state index is 12.0. The molecule has 0 fully saturated rings. The number of hydrogen-bond acceptors (Lipinski definition) is 4. The van der Waals surface area contributed by atoms with E-state index >= 15 is 0 Å². The monoisotopic (exact) mass is 343 g/mol. The molecule has 0 aliphatic carbocycles. The highest BCUT2D eigenvalue weighted by Crippen LogP contribution is 2.29.